The van der Waals surface area contributed by atoms with Crippen molar-refractivity contribution in [1.29, 1.82) is 0 Å². The van der Waals surface area contributed by atoms with E-state index in [1.807, 2.05) is 0 Å². The number of hydrogen-bond acceptors (Lipinski definition) is 6. The number of aromatic amines is 1. The summed E-state index contributed by atoms with van der Waals surface area (Å²) in [7, 11) is 0. The third-order valence-electron chi connectivity index (χ3n) is 1.63. The molecule has 0 radical (unpaired) electrons. The number of nitrogens with two attached hydrogens (primary N) is 1. The van der Waals surface area contributed by atoms with Gasteiger partial charge in [-0.05, 0) is 0 Å². The van der Waals surface area contributed by atoms with Gasteiger partial charge in [0.2, 0.25) is 0 Å². The summed E-state index contributed by atoms with van der Waals surface area (Å²) in [5, 5.41) is 18.7. The van der Waals surface area contributed by atoms with Gasteiger partial charge in [-0.25, -0.2) is 0 Å². The van der Waals surface area contributed by atoms with E-state index < -0.39 is 0 Å². The number of nitrogen functional groups attached to an aromatic ring is 1. The van der Waals surface area contributed by atoms with Crippen LogP contribution in [0, 0.1) is 0 Å². The maximum absolute atomic E-state index is 8.64. The molecule has 0 spiro atoms. The van der Waals surface area contributed by atoms with Gasteiger partial charge in [0, 0.05) is 12.5 Å². The molecule has 0 fully saturated rings. The quantitative estimate of drug-likeness (QED) is 0.612. The van der Waals surface area contributed by atoms with Crippen molar-refractivity contribution in [2.24, 2.45) is 0 Å². The summed E-state index contributed by atoms with van der Waals surface area (Å²) in [5.41, 5.74) is 5.98. The Bertz CT molecular complexity index is 421. The van der Waals surface area contributed by atoms with Gasteiger partial charge in [0.25, 0.3) is 5.89 Å². The summed E-state index contributed by atoms with van der Waals surface area (Å²) >= 11 is 0. The smallest absolute Gasteiger partial charge is 0.276 e. The molecule has 14 heavy (non-hydrogen) atoms. The predicted octanol–water partition coefficient (Wildman–Crippen LogP) is -0.423. The monoisotopic (exact) mass is 195 g/mol. The van der Waals surface area contributed by atoms with Crippen molar-refractivity contribution in [2.75, 3.05) is 12.3 Å². The lowest BCUT2D eigenvalue weighted by atomic mass is 10.4. The highest BCUT2D eigenvalue weighted by molar-refractivity contribution is 5.51. The molecule has 0 bridgehead atoms. The molecule has 0 saturated heterocycles. The highest BCUT2D eigenvalue weighted by atomic mass is 16.5. The highest BCUT2D eigenvalue weighted by Gasteiger charge is 2.10. The number of nitrogens with zero attached hydrogens (tertiary/aromatic N) is 3. The molecule has 2 heterocycles. The van der Waals surface area contributed by atoms with Crippen molar-refractivity contribution in [3.63, 3.8) is 0 Å². The van der Waals surface area contributed by atoms with E-state index in [9.17, 15) is 0 Å². The van der Waals surface area contributed by atoms with Gasteiger partial charge in [0.05, 0.1) is 6.61 Å². The largest absolute Gasteiger partial charge is 0.396 e. The van der Waals surface area contributed by atoms with Crippen LogP contribution in [0.4, 0.5) is 5.82 Å². The maximum atomic E-state index is 8.64. The zero-order valence-electron chi connectivity index (χ0n) is 7.27. The molecule has 0 aromatic carbocycles. The van der Waals surface area contributed by atoms with Gasteiger partial charge < -0.3 is 15.4 Å². The van der Waals surface area contributed by atoms with Crippen molar-refractivity contribution in [1.82, 2.24) is 20.3 Å². The zero-order chi connectivity index (χ0) is 9.97. The molecule has 4 N–H and O–H groups in total. The fourth-order valence-electron chi connectivity index (χ4n) is 1.01. The van der Waals surface area contributed by atoms with Crippen LogP contribution in [0.25, 0.3) is 11.6 Å². The summed E-state index contributed by atoms with van der Waals surface area (Å²) in [5.74, 6) is 1.13. The van der Waals surface area contributed by atoms with Crippen molar-refractivity contribution >= 4 is 5.82 Å². The second-order valence-electron chi connectivity index (χ2n) is 2.70. The molecule has 0 aliphatic carbocycles. The summed E-state index contributed by atoms with van der Waals surface area (Å²) in [4.78, 5) is 4.02. The molecule has 0 unspecified atom stereocenters. The molecule has 0 amide bonds. The Morgan fingerprint density at radius 1 is 1.57 bits per heavy atom. The maximum Gasteiger partial charge on any atom is 0.276 e. The summed E-state index contributed by atoms with van der Waals surface area (Å²) < 4.78 is 4.92. The standard InChI is InChI=1S/C7H9N5O2/c8-5-3-4(10-11-5)7-9-6(1-2-13)12-14-7/h3,13H,1-2H2,(H3,8,10,11). The SMILES string of the molecule is Nc1cc(-c2nc(CCO)no2)[nH]n1. The number of anilines is 1. The molecule has 7 nitrogen and oxygen atoms in total. The molecule has 0 aliphatic rings. The number of rotatable bonds is 3. The highest BCUT2D eigenvalue weighted by Crippen LogP contribution is 2.15. The predicted molar refractivity (Wildman–Crippen MR) is 47.1 cm³/mol. The van der Waals surface area contributed by atoms with E-state index in [0.29, 0.717) is 29.6 Å². The summed E-state index contributed by atoms with van der Waals surface area (Å²) in [6.07, 6.45) is 0.368. The van der Waals surface area contributed by atoms with E-state index in [0.717, 1.165) is 0 Å². The average molecular weight is 195 g/mol. The van der Waals surface area contributed by atoms with Gasteiger partial charge >= 0.3 is 0 Å². The summed E-state index contributed by atoms with van der Waals surface area (Å²) in [6, 6.07) is 1.59. The Morgan fingerprint density at radius 2 is 2.43 bits per heavy atom. The average Bonchev–Trinajstić information content (AvgIpc) is 2.74. The fraction of sp³-hybridized carbons (Fsp3) is 0.286. The van der Waals surface area contributed by atoms with Crippen LogP contribution in [0.1, 0.15) is 5.82 Å². The lowest BCUT2D eigenvalue weighted by molar-refractivity contribution is 0.293. The molecule has 2 rings (SSSR count). The van der Waals surface area contributed by atoms with Crippen molar-refractivity contribution in [2.45, 2.75) is 6.42 Å². The fourth-order valence-corrected chi connectivity index (χ4v) is 1.01. The van der Waals surface area contributed by atoms with Crippen LogP contribution in [0.5, 0.6) is 0 Å². The van der Waals surface area contributed by atoms with Gasteiger partial charge in [-0.2, -0.15) is 10.1 Å². The molecule has 2 aromatic rings. The zero-order valence-corrected chi connectivity index (χ0v) is 7.27. The first-order valence-corrected chi connectivity index (χ1v) is 4.04. The first-order valence-electron chi connectivity index (χ1n) is 4.04. The van der Waals surface area contributed by atoms with Crippen LogP contribution in [-0.2, 0) is 6.42 Å². The number of aliphatic hydroxyl groups is 1. The van der Waals surface area contributed by atoms with Gasteiger partial charge in [0.1, 0.15) is 11.5 Å². The normalized spacial score (nSPS) is 10.6. The van der Waals surface area contributed by atoms with Crippen LogP contribution in [0.3, 0.4) is 0 Å². The number of H-pyrrole nitrogens is 1. The number of aliphatic hydroxyl groups excluding tert-OH is 1. The van der Waals surface area contributed by atoms with E-state index in [1.54, 1.807) is 6.07 Å². The van der Waals surface area contributed by atoms with Gasteiger partial charge in [-0.15, -0.1) is 0 Å². The number of aromatic nitrogens is 4. The topological polar surface area (TPSA) is 114 Å². The minimum atomic E-state index is -0.00983. The van der Waals surface area contributed by atoms with Gasteiger partial charge in [-0.3, -0.25) is 5.10 Å². The van der Waals surface area contributed by atoms with E-state index in [1.165, 1.54) is 0 Å². The minimum Gasteiger partial charge on any atom is -0.396 e. The molecule has 0 aliphatic heterocycles. The summed E-state index contributed by atoms with van der Waals surface area (Å²) in [6.45, 7) is -0.00983. The third-order valence-corrected chi connectivity index (χ3v) is 1.63. The molecular weight excluding hydrogens is 186 g/mol. The third kappa shape index (κ3) is 1.57. The van der Waals surface area contributed by atoms with E-state index in [2.05, 4.69) is 20.3 Å². The van der Waals surface area contributed by atoms with Gasteiger partial charge in [0.15, 0.2) is 5.82 Å². The number of hydrogen-bond donors (Lipinski definition) is 3. The molecule has 7 heteroatoms. The Labute approximate surface area is 78.9 Å². The second kappa shape index (κ2) is 3.46. The second-order valence-corrected chi connectivity index (χ2v) is 2.70. The Balaban J connectivity index is 2.24. The van der Waals surface area contributed by atoms with Crippen LogP contribution in [0.2, 0.25) is 0 Å². The molecule has 0 saturated carbocycles. The van der Waals surface area contributed by atoms with Crippen LogP contribution in [0.15, 0.2) is 10.6 Å². The first kappa shape index (κ1) is 8.70. The first-order chi connectivity index (χ1) is 6.79. The molecular formula is C7H9N5O2. The Kier molecular flexibility index (Phi) is 2.15. The Morgan fingerprint density at radius 3 is 3.07 bits per heavy atom. The van der Waals surface area contributed by atoms with E-state index in [4.69, 9.17) is 15.4 Å². The van der Waals surface area contributed by atoms with Crippen LogP contribution in [-0.4, -0.2) is 32.1 Å². The van der Waals surface area contributed by atoms with Crippen LogP contribution >= 0.6 is 0 Å². The minimum absolute atomic E-state index is 0.00983. The van der Waals surface area contributed by atoms with Gasteiger partial charge in [-0.1, -0.05) is 5.16 Å². The van der Waals surface area contributed by atoms with Crippen molar-refractivity contribution in [3.05, 3.63) is 11.9 Å². The lowest BCUT2D eigenvalue weighted by Gasteiger charge is -1.84. The number of nitrogens with one attached hydrogen (secondary N) is 1. The molecule has 2 aromatic heterocycles. The van der Waals surface area contributed by atoms with Crippen molar-refractivity contribution in [3.8, 4) is 11.6 Å². The van der Waals surface area contributed by atoms with E-state index >= 15 is 0 Å². The molecule has 0 atom stereocenters. The lowest BCUT2D eigenvalue weighted by Crippen LogP contribution is -1.92. The van der Waals surface area contributed by atoms with Crippen LogP contribution < -0.4 is 5.73 Å². The Hall–Kier alpha value is -1.89. The molecule has 74 valence electrons. The van der Waals surface area contributed by atoms with E-state index in [-0.39, 0.29) is 6.61 Å². The van der Waals surface area contributed by atoms with Crippen molar-refractivity contribution < 1.29 is 9.63 Å².